The molecule has 0 radical (unpaired) electrons. The maximum Gasteiger partial charge on any atom is 0.231 e. The Morgan fingerprint density at radius 1 is 1.12 bits per heavy atom. The number of phenolic OH excluding ortho intramolecular Hbond substituents is 1. The van der Waals surface area contributed by atoms with Crippen molar-refractivity contribution in [2.75, 3.05) is 13.4 Å². The second-order valence-corrected chi connectivity index (χ2v) is 5.92. The zero-order valence-electron chi connectivity index (χ0n) is 12.6. The van der Waals surface area contributed by atoms with Gasteiger partial charge >= 0.3 is 0 Å². The molecule has 0 aliphatic carbocycles. The molecule has 0 spiro atoms. The van der Waals surface area contributed by atoms with E-state index in [9.17, 15) is 10.2 Å². The van der Waals surface area contributed by atoms with Gasteiger partial charge in [0.25, 0.3) is 0 Å². The third kappa shape index (κ3) is 1.46. The monoisotopic (exact) mass is 322 g/mol. The second-order valence-electron chi connectivity index (χ2n) is 5.92. The molecule has 0 saturated heterocycles. The van der Waals surface area contributed by atoms with Crippen LogP contribution in [0.2, 0.25) is 0 Å². The summed E-state index contributed by atoms with van der Waals surface area (Å²) in [6.07, 6.45) is 3.55. The lowest BCUT2D eigenvalue weighted by atomic mass is 9.75. The summed E-state index contributed by atoms with van der Waals surface area (Å²) in [5, 5.41) is 21.1. The molecule has 2 N–H and O–H groups in total. The third-order valence-corrected chi connectivity index (χ3v) is 4.83. The summed E-state index contributed by atoms with van der Waals surface area (Å²) in [7, 11) is 0. The number of para-hydroxylation sites is 1. The lowest BCUT2D eigenvalue weighted by molar-refractivity contribution is 0.173. The second kappa shape index (κ2) is 4.52. The summed E-state index contributed by atoms with van der Waals surface area (Å²) in [6, 6.07) is 11.0. The van der Waals surface area contributed by atoms with Gasteiger partial charge in [-0.1, -0.05) is 18.2 Å². The molecule has 24 heavy (non-hydrogen) atoms. The summed E-state index contributed by atoms with van der Waals surface area (Å²) in [4.78, 5) is 4.47. The predicted octanol–water partition coefficient (Wildman–Crippen LogP) is 1.95. The quantitative estimate of drug-likeness (QED) is 0.754. The molecule has 2 aliphatic heterocycles. The highest BCUT2D eigenvalue weighted by molar-refractivity contribution is 5.66. The normalized spacial score (nSPS) is 20.0. The summed E-state index contributed by atoms with van der Waals surface area (Å²) in [5.41, 5.74) is 1.43. The van der Waals surface area contributed by atoms with Gasteiger partial charge in [-0.05, 0) is 17.7 Å². The number of aromatic hydroxyl groups is 1. The van der Waals surface area contributed by atoms with Crippen molar-refractivity contribution >= 4 is 0 Å². The smallest absolute Gasteiger partial charge is 0.231 e. The van der Waals surface area contributed by atoms with E-state index in [1.807, 2.05) is 35.0 Å². The number of aromatic nitrogens is 2. The summed E-state index contributed by atoms with van der Waals surface area (Å²) < 4.78 is 12.7. The van der Waals surface area contributed by atoms with Gasteiger partial charge in [-0.15, -0.1) is 0 Å². The van der Waals surface area contributed by atoms with Gasteiger partial charge in [-0.3, -0.25) is 0 Å². The van der Waals surface area contributed by atoms with Crippen LogP contribution in [0.15, 0.2) is 48.8 Å². The standard InChI is InChI=1S/C18H14N2O4/c21-9-18(12-7-15-16(8-14(12)22)24-10-23-15)11-3-1-2-4-13(11)20-6-5-19-17(18)20/h1-8,21-22H,9-10H2. The molecule has 6 heteroatoms. The van der Waals surface area contributed by atoms with Crippen LogP contribution in [0.1, 0.15) is 17.0 Å². The minimum Gasteiger partial charge on any atom is -0.507 e. The van der Waals surface area contributed by atoms with Crippen molar-refractivity contribution < 1.29 is 19.7 Å². The lowest BCUT2D eigenvalue weighted by Crippen LogP contribution is -2.32. The van der Waals surface area contributed by atoms with E-state index >= 15 is 0 Å². The number of nitrogens with zero attached hydrogens (tertiary/aromatic N) is 2. The van der Waals surface area contributed by atoms with Crippen LogP contribution >= 0.6 is 0 Å². The first-order chi connectivity index (χ1) is 11.8. The molecule has 2 aromatic carbocycles. The van der Waals surface area contributed by atoms with Gasteiger partial charge in [0.2, 0.25) is 6.79 Å². The van der Waals surface area contributed by atoms with Crippen molar-refractivity contribution in [3.05, 3.63) is 65.7 Å². The largest absolute Gasteiger partial charge is 0.507 e. The first-order valence-corrected chi connectivity index (χ1v) is 7.63. The number of aliphatic hydroxyl groups is 1. The average molecular weight is 322 g/mol. The van der Waals surface area contributed by atoms with Crippen LogP contribution in [0.3, 0.4) is 0 Å². The van der Waals surface area contributed by atoms with Crippen molar-refractivity contribution in [2.45, 2.75) is 5.41 Å². The predicted molar refractivity (Wildman–Crippen MR) is 84.8 cm³/mol. The molecule has 3 heterocycles. The van der Waals surface area contributed by atoms with Crippen LogP contribution in [0.5, 0.6) is 17.2 Å². The average Bonchev–Trinajstić information content (AvgIpc) is 3.29. The van der Waals surface area contributed by atoms with Crippen LogP contribution in [0.25, 0.3) is 5.69 Å². The van der Waals surface area contributed by atoms with E-state index in [0.29, 0.717) is 22.9 Å². The van der Waals surface area contributed by atoms with Crippen molar-refractivity contribution in [3.63, 3.8) is 0 Å². The van der Waals surface area contributed by atoms with Gasteiger partial charge in [-0.25, -0.2) is 4.98 Å². The molecule has 0 bridgehead atoms. The van der Waals surface area contributed by atoms with Crippen molar-refractivity contribution in [2.24, 2.45) is 0 Å². The van der Waals surface area contributed by atoms with Gasteiger partial charge in [0.05, 0.1) is 12.3 Å². The molecule has 0 fully saturated rings. The van der Waals surface area contributed by atoms with Gasteiger partial charge in [-0.2, -0.15) is 0 Å². The van der Waals surface area contributed by atoms with Gasteiger partial charge in [0, 0.05) is 24.0 Å². The fourth-order valence-corrected chi connectivity index (χ4v) is 3.76. The number of hydrogen-bond donors (Lipinski definition) is 2. The Balaban J connectivity index is 1.86. The lowest BCUT2D eigenvalue weighted by Gasteiger charge is -2.28. The molecule has 3 aromatic rings. The maximum absolute atomic E-state index is 10.6. The Morgan fingerprint density at radius 2 is 1.92 bits per heavy atom. The molecular formula is C18H14N2O4. The number of imidazole rings is 1. The molecule has 1 atom stereocenters. The van der Waals surface area contributed by atoms with E-state index in [1.165, 1.54) is 6.07 Å². The minimum absolute atomic E-state index is 0.0413. The molecular weight excluding hydrogens is 308 g/mol. The van der Waals surface area contributed by atoms with Crippen LogP contribution in [-0.4, -0.2) is 33.2 Å². The van der Waals surface area contributed by atoms with E-state index in [-0.39, 0.29) is 19.1 Å². The number of rotatable bonds is 2. The number of fused-ring (bicyclic) bond motifs is 4. The number of ether oxygens (including phenoxy) is 2. The van der Waals surface area contributed by atoms with Crippen LogP contribution in [-0.2, 0) is 5.41 Å². The SMILES string of the molecule is OCC1(c2cc3c(cc2O)OCO3)c2ccccc2-n2ccnc21. The number of benzene rings is 2. The summed E-state index contributed by atoms with van der Waals surface area (Å²) >= 11 is 0. The zero-order valence-corrected chi connectivity index (χ0v) is 12.6. The van der Waals surface area contributed by atoms with E-state index < -0.39 is 5.41 Å². The number of phenols is 1. The highest BCUT2D eigenvalue weighted by Gasteiger charge is 2.48. The first-order valence-electron chi connectivity index (χ1n) is 7.63. The van der Waals surface area contributed by atoms with E-state index in [1.54, 1.807) is 12.3 Å². The molecule has 120 valence electrons. The van der Waals surface area contributed by atoms with Crippen LogP contribution in [0.4, 0.5) is 0 Å². The Morgan fingerprint density at radius 3 is 2.75 bits per heavy atom. The molecule has 6 nitrogen and oxygen atoms in total. The van der Waals surface area contributed by atoms with Crippen molar-refractivity contribution in [1.82, 2.24) is 9.55 Å². The fourth-order valence-electron chi connectivity index (χ4n) is 3.76. The number of aliphatic hydroxyl groups excluding tert-OH is 1. The van der Waals surface area contributed by atoms with Gasteiger partial charge in [0.1, 0.15) is 17.0 Å². The molecule has 5 rings (SSSR count). The maximum atomic E-state index is 10.6. The Labute approximate surface area is 137 Å². The topological polar surface area (TPSA) is 76.7 Å². The highest BCUT2D eigenvalue weighted by atomic mass is 16.7. The van der Waals surface area contributed by atoms with Gasteiger partial charge < -0.3 is 24.3 Å². The highest BCUT2D eigenvalue weighted by Crippen LogP contribution is 2.51. The van der Waals surface area contributed by atoms with Crippen molar-refractivity contribution in [1.29, 1.82) is 0 Å². The van der Waals surface area contributed by atoms with Crippen molar-refractivity contribution in [3.8, 4) is 22.9 Å². The molecule has 1 aromatic heterocycles. The van der Waals surface area contributed by atoms with Gasteiger partial charge in [0.15, 0.2) is 11.5 Å². The Bertz CT molecular complexity index is 965. The Hall–Kier alpha value is -2.99. The summed E-state index contributed by atoms with van der Waals surface area (Å²) in [5.74, 6) is 1.76. The molecule has 0 saturated carbocycles. The Kier molecular flexibility index (Phi) is 2.53. The molecule has 1 unspecified atom stereocenters. The van der Waals surface area contributed by atoms with E-state index in [4.69, 9.17) is 9.47 Å². The fraction of sp³-hybridized carbons (Fsp3) is 0.167. The number of hydrogen-bond acceptors (Lipinski definition) is 5. The first kappa shape index (κ1) is 13.4. The molecule has 0 amide bonds. The summed E-state index contributed by atoms with van der Waals surface area (Å²) in [6.45, 7) is -0.107. The molecule has 2 aliphatic rings. The van der Waals surface area contributed by atoms with E-state index in [2.05, 4.69) is 4.98 Å². The third-order valence-electron chi connectivity index (χ3n) is 4.83. The minimum atomic E-state index is -0.953. The van der Waals surface area contributed by atoms with E-state index in [0.717, 1.165) is 11.3 Å². The van der Waals surface area contributed by atoms with Crippen LogP contribution in [0, 0.1) is 0 Å². The van der Waals surface area contributed by atoms with Crippen LogP contribution < -0.4 is 9.47 Å². The zero-order chi connectivity index (χ0) is 16.3.